The van der Waals surface area contributed by atoms with Crippen molar-refractivity contribution in [2.24, 2.45) is 5.92 Å². The van der Waals surface area contributed by atoms with Crippen LogP contribution in [0.25, 0.3) is 6.08 Å². The van der Waals surface area contributed by atoms with Crippen molar-refractivity contribution in [1.29, 1.82) is 0 Å². The number of hydrogen-bond acceptors (Lipinski definition) is 5. The first-order valence-corrected chi connectivity index (χ1v) is 10.5. The van der Waals surface area contributed by atoms with Crippen LogP contribution in [0.4, 0.5) is 4.79 Å². The van der Waals surface area contributed by atoms with E-state index >= 15 is 0 Å². The Morgan fingerprint density at radius 1 is 1.26 bits per heavy atom. The first kappa shape index (κ1) is 20.0. The van der Waals surface area contributed by atoms with E-state index in [1.54, 1.807) is 24.3 Å². The van der Waals surface area contributed by atoms with Gasteiger partial charge in [0.25, 0.3) is 11.1 Å². The van der Waals surface area contributed by atoms with Gasteiger partial charge in [-0.1, -0.05) is 43.7 Å². The fourth-order valence-corrected chi connectivity index (χ4v) is 4.34. The van der Waals surface area contributed by atoms with Gasteiger partial charge in [-0.05, 0) is 54.3 Å². The lowest BCUT2D eigenvalue weighted by Crippen LogP contribution is -2.17. The molecule has 2 fully saturated rings. The van der Waals surface area contributed by atoms with E-state index in [2.05, 4.69) is 5.32 Å². The Hall–Kier alpha value is -1.79. The molecule has 0 atom stereocenters. The predicted octanol–water partition coefficient (Wildman–Crippen LogP) is 5.32. The van der Waals surface area contributed by atoms with Crippen LogP contribution < -0.4 is 10.1 Å². The number of carbonyl (C=O) groups is 3. The maximum atomic E-state index is 12.0. The zero-order chi connectivity index (χ0) is 19.2. The van der Waals surface area contributed by atoms with Crippen LogP contribution in [-0.2, 0) is 9.59 Å². The largest absolute Gasteiger partial charge is 0.426 e. The highest BCUT2D eigenvalue weighted by molar-refractivity contribution is 8.18. The molecule has 1 aliphatic heterocycles. The molecule has 1 aromatic rings. The number of nitrogens with one attached hydrogen (secondary N) is 1. The minimum Gasteiger partial charge on any atom is -0.426 e. The van der Waals surface area contributed by atoms with E-state index in [1.807, 2.05) is 0 Å². The number of rotatable bonds is 6. The summed E-state index contributed by atoms with van der Waals surface area (Å²) < 4.78 is 5.37. The number of amides is 2. The van der Waals surface area contributed by atoms with Crippen LogP contribution in [0.15, 0.2) is 23.1 Å². The topological polar surface area (TPSA) is 72.5 Å². The monoisotopic (exact) mass is 407 g/mol. The molecule has 0 spiro atoms. The Bertz CT molecular complexity index is 771. The molecule has 1 N–H and O–H groups in total. The summed E-state index contributed by atoms with van der Waals surface area (Å²) in [5.41, 5.74) is 0.584. The van der Waals surface area contributed by atoms with Gasteiger partial charge in [-0.3, -0.25) is 19.7 Å². The third kappa shape index (κ3) is 5.84. The maximum Gasteiger partial charge on any atom is 0.311 e. The molecule has 5 nitrogen and oxygen atoms in total. The van der Waals surface area contributed by atoms with Gasteiger partial charge in [0.2, 0.25) is 0 Å². The first-order valence-electron chi connectivity index (χ1n) is 9.26. The number of esters is 1. The Labute approximate surface area is 167 Å². The van der Waals surface area contributed by atoms with Gasteiger partial charge in [0.15, 0.2) is 0 Å². The van der Waals surface area contributed by atoms with Crippen molar-refractivity contribution in [3.63, 3.8) is 0 Å². The van der Waals surface area contributed by atoms with Crippen LogP contribution in [0, 0.1) is 5.92 Å². The molecular weight excluding hydrogens is 386 g/mol. The van der Waals surface area contributed by atoms with Crippen molar-refractivity contribution in [2.75, 3.05) is 0 Å². The Kier molecular flexibility index (Phi) is 6.96. The lowest BCUT2D eigenvalue weighted by molar-refractivity contribution is -0.134. The van der Waals surface area contributed by atoms with Crippen LogP contribution in [0.3, 0.4) is 0 Å². The molecule has 1 saturated heterocycles. The summed E-state index contributed by atoms with van der Waals surface area (Å²) in [6.45, 7) is 0. The number of imide groups is 1. The van der Waals surface area contributed by atoms with E-state index in [9.17, 15) is 14.4 Å². The van der Waals surface area contributed by atoms with Gasteiger partial charge in [0.1, 0.15) is 5.75 Å². The average Bonchev–Trinajstić information content (AvgIpc) is 2.95. The smallest absolute Gasteiger partial charge is 0.311 e. The molecule has 144 valence electrons. The Morgan fingerprint density at radius 2 is 2.04 bits per heavy atom. The van der Waals surface area contributed by atoms with E-state index in [1.165, 1.54) is 32.1 Å². The van der Waals surface area contributed by atoms with Gasteiger partial charge >= 0.3 is 5.97 Å². The summed E-state index contributed by atoms with van der Waals surface area (Å²) in [4.78, 5) is 35.1. The second-order valence-electron chi connectivity index (χ2n) is 6.91. The van der Waals surface area contributed by atoms with E-state index in [0.29, 0.717) is 22.8 Å². The normalized spacial score (nSPS) is 19.4. The van der Waals surface area contributed by atoms with Crippen LogP contribution in [0.1, 0.15) is 56.9 Å². The molecule has 1 heterocycles. The average molecular weight is 408 g/mol. The molecule has 7 heteroatoms. The number of halogens is 1. The molecule has 1 aliphatic carbocycles. The molecule has 2 amide bonds. The second kappa shape index (κ2) is 9.42. The van der Waals surface area contributed by atoms with Crippen molar-refractivity contribution in [2.45, 2.75) is 51.4 Å². The standard InChI is InChI=1S/C20H22ClNO4S/c21-16-12-15(10-9-14(16)11-17-19(24)22-20(25)27-17)26-18(23)8-4-7-13-5-2-1-3-6-13/h9-13H,1-8H2,(H,22,24,25). The molecule has 0 aromatic heterocycles. The molecule has 2 aliphatic rings. The molecule has 0 radical (unpaired) electrons. The lowest BCUT2D eigenvalue weighted by Gasteiger charge is -2.20. The molecule has 1 aromatic carbocycles. The van der Waals surface area contributed by atoms with Crippen molar-refractivity contribution in [3.8, 4) is 5.75 Å². The Morgan fingerprint density at radius 3 is 2.70 bits per heavy atom. The van der Waals surface area contributed by atoms with Gasteiger partial charge in [0, 0.05) is 12.5 Å². The number of benzene rings is 1. The first-order chi connectivity index (χ1) is 13.0. The predicted molar refractivity (Wildman–Crippen MR) is 107 cm³/mol. The van der Waals surface area contributed by atoms with Crippen LogP contribution in [-0.4, -0.2) is 17.1 Å². The number of hydrogen-bond donors (Lipinski definition) is 1. The third-order valence-corrected chi connectivity index (χ3v) is 5.99. The van der Waals surface area contributed by atoms with Crippen molar-refractivity contribution < 1.29 is 19.1 Å². The number of thioether (sulfide) groups is 1. The zero-order valence-electron chi connectivity index (χ0n) is 15.0. The van der Waals surface area contributed by atoms with Gasteiger partial charge in [-0.2, -0.15) is 0 Å². The van der Waals surface area contributed by atoms with Crippen molar-refractivity contribution >= 4 is 46.6 Å². The summed E-state index contributed by atoms with van der Waals surface area (Å²) in [7, 11) is 0. The highest BCUT2D eigenvalue weighted by atomic mass is 35.5. The molecule has 27 heavy (non-hydrogen) atoms. The number of carbonyl (C=O) groups excluding carboxylic acids is 3. The second-order valence-corrected chi connectivity index (χ2v) is 8.33. The highest BCUT2D eigenvalue weighted by Gasteiger charge is 2.25. The van der Waals surface area contributed by atoms with Gasteiger partial charge < -0.3 is 4.74 Å². The van der Waals surface area contributed by atoms with E-state index in [-0.39, 0.29) is 10.9 Å². The maximum absolute atomic E-state index is 12.0. The highest BCUT2D eigenvalue weighted by Crippen LogP contribution is 2.30. The summed E-state index contributed by atoms with van der Waals surface area (Å²) in [6.07, 6.45) is 10.4. The molecule has 3 rings (SSSR count). The number of ether oxygens (including phenoxy) is 1. The van der Waals surface area contributed by atoms with Crippen molar-refractivity contribution in [3.05, 3.63) is 33.7 Å². The lowest BCUT2D eigenvalue weighted by atomic mass is 9.86. The minimum atomic E-state index is -0.436. The van der Waals surface area contributed by atoms with E-state index < -0.39 is 11.1 Å². The van der Waals surface area contributed by atoms with Crippen LogP contribution in [0.5, 0.6) is 5.75 Å². The summed E-state index contributed by atoms with van der Waals surface area (Å²) >= 11 is 7.05. The van der Waals surface area contributed by atoms with Gasteiger partial charge in [-0.15, -0.1) is 0 Å². The summed E-state index contributed by atoms with van der Waals surface area (Å²) in [6, 6.07) is 4.85. The minimum absolute atomic E-state index is 0.260. The fourth-order valence-electron chi connectivity index (χ4n) is 3.44. The molecule has 1 saturated carbocycles. The summed E-state index contributed by atoms with van der Waals surface area (Å²) in [5.74, 6) is 0.439. The van der Waals surface area contributed by atoms with Gasteiger partial charge in [-0.25, -0.2) is 0 Å². The molecule has 0 unspecified atom stereocenters. The van der Waals surface area contributed by atoms with Crippen molar-refractivity contribution in [1.82, 2.24) is 5.32 Å². The third-order valence-electron chi connectivity index (χ3n) is 4.85. The Balaban J connectivity index is 1.51. The quantitative estimate of drug-likeness (QED) is 0.392. The van der Waals surface area contributed by atoms with Crippen LogP contribution >= 0.6 is 23.4 Å². The summed E-state index contributed by atoms with van der Waals surface area (Å²) in [5, 5.41) is 2.14. The fraction of sp³-hybridized carbons (Fsp3) is 0.450. The van der Waals surface area contributed by atoms with Crippen LogP contribution in [0.2, 0.25) is 5.02 Å². The van der Waals surface area contributed by atoms with E-state index in [0.717, 1.165) is 30.5 Å². The molecular formula is C20H22ClNO4S. The zero-order valence-corrected chi connectivity index (χ0v) is 16.5. The SMILES string of the molecule is O=C(CCCC1CCCCC1)Oc1ccc(C=C2SC(=O)NC2=O)c(Cl)c1. The van der Waals surface area contributed by atoms with Gasteiger partial charge in [0.05, 0.1) is 9.93 Å². The molecule has 0 bridgehead atoms. The van der Waals surface area contributed by atoms with E-state index in [4.69, 9.17) is 16.3 Å².